The van der Waals surface area contributed by atoms with Crippen LogP contribution in [0.4, 0.5) is 0 Å². The Morgan fingerprint density at radius 1 is 1.23 bits per heavy atom. The first-order valence-electron chi connectivity index (χ1n) is 8.74. The predicted molar refractivity (Wildman–Crippen MR) is 100 cm³/mol. The van der Waals surface area contributed by atoms with E-state index in [4.69, 9.17) is 4.74 Å². The van der Waals surface area contributed by atoms with Crippen molar-refractivity contribution in [2.45, 2.75) is 12.5 Å². The van der Waals surface area contributed by atoms with E-state index >= 15 is 0 Å². The molecule has 3 heterocycles. The summed E-state index contributed by atoms with van der Waals surface area (Å²) in [5.41, 5.74) is 1.63. The standard InChI is InChI=1S/C19H21N3O3S/c23-17-5-2-1-4-14(17)16-12-15(18-6-3-11-26-18)20-22(16)19(24)13-21-7-9-25-10-8-21/h1-6,11,16,23H,7-10,12-13H2. The number of hydrogen-bond donors (Lipinski definition) is 1. The SMILES string of the molecule is O=C(CN1CCOCC1)N1N=C(c2cccs2)CC1c1ccccc1O. The second kappa shape index (κ2) is 7.57. The van der Waals surface area contributed by atoms with Crippen molar-refractivity contribution in [1.29, 1.82) is 0 Å². The van der Waals surface area contributed by atoms with Gasteiger partial charge in [-0.1, -0.05) is 24.3 Å². The van der Waals surface area contributed by atoms with Crippen LogP contribution >= 0.6 is 11.3 Å². The third-order valence-electron chi connectivity index (χ3n) is 4.73. The number of aromatic hydroxyl groups is 1. The molecule has 1 fully saturated rings. The molecule has 2 aromatic rings. The number of benzene rings is 1. The van der Waals surface area contributed by atoms with Gasteiger partial charge in [-0.3, -0.25) is 9.69 Å². The number of carbonyl (C=O) groups excluding carboxylic acids is 1. The largest absolute Gasteiger partial charge is 0.508 e. The van der Waals surface area contributed by atoms with Crippen LogP contribution in [0.25, 0.3) is 0 Å². The van der Waals surface area contributed by atoms with Gasteiger partial charge in [-0.2, -0.15) is 5.10 Å². The highest BCUT2D eigenvalue weighted by atomic mass is 32.1. The van der Waals surface area contributed by atoms with Gasteiger partial charge in [0, 0.05) is 25.1 Å². The van der Waals surface area contributed by atoms with E-state index in [-0.39, 0.29) is 17.7 Å². The highest BCUT2D eigenvalue weighted by Crippen LogP contribution is 2.37. The fourth-order valence-corrected chi connectivity index (χ4v) is 4.09. The van der Waals surface area contributed by atoms with Crippen LogP contribution in [-0.2, 0) is 9.53 Å². The third kappa shape index (κ3) is 3.51. The molecule has 2 aliphatic heterocycles. The number of para-hydroxylation sites is 1. The predicted octanol–water partition coefficient (Wildman–Crippen LogP) is 2.46. The average Bonchev–Trinajstić information content (AvgIpc) is 3.33. The van der Waals surface area contributed by atoms with Crippen LogP contribution in [0.2, 0.25) is 0 Å². The molecule has 0 spiro atoms. The van der Waals surface area contributed by atoms with E-state index in [0.717, 1.165) is 29.2 Å². The maximum atomic E-state index is 13.0. The highest BCUT2D eigenvalue weighted by molar-refractivity contribution is 7.12. The fourth-order valence-electron chi connectivity index (χ4n) is 3.37. The average molecular weight is 371 g/mol. The van der Waals surface area contributed by atoms with Crippen molar-refractivity contribution in [3.63, 3.8) is 0 Å². The molecular formula is C19H21N3O3S. The van der Waals surface area contributed by atoms with Crippen molar-refractivity contribution >= 4 is 23.0 Å². The van der Waals surface area contributed by atoms with E-state index in [0.29, 0.717) is 26.2 Å². The Morgan fingerprint density at radius 2 is 2.04 bits per heavy atom. The van der Waals surface area contributed by atoms with Crippen molar-refractivity contribution in [1.82, 2.24) is 9.91 Å². The number of carbonyl (C=O) groups is 1. The number of hydrogen-bond acceptors (Lipinski definition) is 6. The van der Waals surface area contributed by atoms with Crippen LogP contribution in [0.1, 0.15) is 22.9 Å². The van der Waals surface area contributed by atoms with Gasteiger partial charge in [0.25, 0.3) is 5.91 Å². The molecule has 1 aromatic heterocycles. The maximum Gasteiger partial charge on any atom is 0.257 e. The molecule has 7 heteroatoms. The Morgan fingerprint density at radius 3 is 2.77 bits per heavy atom. The number of morpholine rings is 1. The summed E-state index contributed by atoms with van der Waals surface area (Å²) in [6.45, 7) is 3.12. The number of hydrazone groups is 1. The lowest BCUT2D eigenvalue weighted by atomic mass is 10.00. The third-order valence-corrected chi connectivity index (χ3v) is 5.65. The lowest BCUT2D eigenvalue weighted by molar-refractivity contribution is -0.135. The molecule has 0 radical (unpaired) electrons. The molecule has 1 unspecified atom stereocenters. The lowest BCUT2D eigenvalue weighted by Gasteiger charge is -2.29. The van der Waals surface area contributed by atoms with Crippen molar-refractivity contribution in [2.24, 2.45) is 5.10 Å². The van der Waals surface area contributed by atoms with E-state index in [1.165, 1.54) is 0 Å². The first-order valence-corrected chi connectivity index (χ1v) is 9.62. The van der Waals surface area contributed by atoms with Crippen molar-refractivity contribution < 1.29 is 14.6 Å². The Bertz CT molecular complexity index is 800. The minimum atomic E-state index is -0.276. The molecular weight excluding hydrogens is 350 g/mol. The summed E-state index contributed by atoms with van der Waals surface area (Å²) in [5.74, 6) is 0.149. The van der Waals surface area contributed by atoms with Crippen LogP contribution in [0.3, 0.4) is 0 Å². The summed E-state index contributed by atoms with van der Waals surface area (Å²) < 4.78 is 5.35. The van der Waals surface area contributed by atoms with Crippen molar-refractivity contribution in [3.05, 3.63) is 52.2 Å². The van der Waals surface area contributed by atoms with Crippen LogP contribution in [0, 0.1) is 0 Å². The Kier molecular flexibility index (Phi) is 5.01. The molecule has 0 saturated carbocycles. The van der Waals surface area contributed by atoms with E-state index in [9.17, 15) is 9.90 Å². The Labute approximate surface area is 156 Å². The van der Waals surface area contributed by atoms with Gasteiger partial charge >= 0.3 is 0 Å². The number of ether oxygens (including phenoxy) is 1. The first kappa shape index (κ1) is 17.2. The van der Waals surface area contributed by atoms with Gasteiger partial charge in [-0.25, -0.2) is 5.01 Å². The molecule has 26 heavy (non-hydrogen) atoms. The molecule has 1 saturated heterocycles. The summed E-state index contributed by atoms with van der Waals surface area (Å²) in [6.07, 6.45) is 0.604. The molecule has 1 amide bonds. The molecule has 136 valence electrons. The fraction of sp³-hybridized carbons (Fsp3) is 0.368. The molecule has 4 rings (SSSR count). The summed E-state index contributed by atoms with van der Waals surface area (Å²) in [6, 6.07) is 10.9. The minimum Gasteiger partial charge on any atom is -0.508 e. The zero-order chi connectivity index (χ0) is 17.9. The summed E-state index contributed by atoms with van der Waals surface area (Å²) in [7, 11) is 0. The number of nitrogens with zero attached hydrogens (tertiary/aromatic N) is 3. The highest BCUT2D eigenvalue weighted by Gasteiger charge is 2.35. The van der Waals surface area contributed by atoms with Crippen molar-refractivity contribution in [3.8, 4) is 5.75 Å². The van der Waals surface area contributed by atoms with Gasteiger partial charge in [-0.15, -0.1) is 11.3 Å². The van der Waals surface area contributed by atoms with Crippen LogP contribution in [0.5, 0.6) is 5.75 Å². The van der Waals surface area contributed by atoms with E-state index in [2.05, 4.69) is 10.0 Å². The lowest BCUT2D eigenvalue weighted by Crippen LogP contribution is -2.43. The number of thiophene rings is 1. The summed E-state index contributed by atoms with van der Waals surface area (Å²) in [4.78, 5) is 16.1. The summed E-state index contributed by atoms with van der Waals surface area (Å²) in [5, 5.41) is 18.5. The first-order chi connectivity index (χ1) is 12.7. The molecule has 1 atom stereocenters. The zero-order valence-electron chi connectivity index (χ0n) is 14.4. The minimum absolute atomic E-state index is 0.0493. The number of phenolic OH excluding ortho intramolecular Hbond substituents is 1. The quantitative estimate of drug-likeness (QED) is 0.897. The topological polar surface area (TPSA) is 65.4 Å². The van der Waals surface area contributed by atoms with E-state index in [1.807, 2.05) is 29.6 Å². The second-order valence-electron chi connectivity index (χ2n) is 6.43. The monoisotopic (exact) mass is 371 g/mol. The molecule has 0 bridgehead atoms. The number of rotatable bonds is 4. The van der Waals surface area contributed by atoms with Gasteiger partial charge < -0.3 is 9.84 Å². The normalized spacial score (nSPS) is 21.0. The van der Waals surface area contributed by atoms with E-state index < -0.39 is 0 Å². The van der Waals surface area contributed by atoms with Gasteiger partial charge in [0.15, 0.2) is 0 Å². The number of amides is 1. The van der Waals surface area contributed by atoms with Gasteiger partial charge in [0.05, 0.1) is 36.4 Å². The zero-order valence-corrected chi connectivity index (χ0v) is 15.2. The molecule has 0 aliphatic carbocycles. The molecule has 1 N–H and O–H groups in total. The number of phenols is 1. The smallest absolute Gasteiger partial charge is 0.257 e. The molecule has 2 aliphatic rings. The molecule has 6 nitrogen and oxygen atoms in total. The van der Waals surface area contributed by atoms with Gasteiger partial charge in [-0.05, 0) is 17.5 Å². The van der Waals surface area contributed by atoms with Gasteiger partial charge in [0.2, 0.25) is 0 Å². The maximum absolute atomic E-state index is 13.0. The van der Waals surface area contributed by atoms with Crippen LogP contribution < -0.4 is 0 Å². The molecule has 1 aromatic carbocycles. The van der Waals surface area contributed by atoms with Gasteiger partial charge in [0.1, 0.15) is 5.75 Å². The Hall–Kier alpha value is -2.22. The van der Waals surface area contributed by atoms with Crippen LogP contribution in [0.15, 0.2) is 46.9 Å². The van der Waals surface area contributed by atoms with Crippen LogP contribution in [-0.4, -0.2) is 59.5 Å². The summed E-state index contributed by atoms with van der Waals surface area (Å²) >= 11 is 1.61. The Balaban J connectivity index is 1.60. The van der Waals surface area contributed by atoms with Crippen molar-refractivity contribution in [2.75, 3.05) is 32.8 Å². The second-order valence-corrected chi connectivity index (χ2v) is 7.38. The van der Waals surface area contributed by atoms with E-state index in [1.54, 1.807) is 28.5 Å².